The maximum Gasteiger partial charge on any atom is 0.255 e. The van der Waals surface area contributed by atoms with E-state index in [4.69, 9.17) is 5.26 Å². The van der Waals surface area contributed by atoms with Crippen LogP contribution in [0.25, 0.3) is 0 Å². The van der Waals surface area contributed by atoms with Gasteiger partial charge in [-0.3, -0.25) is 0 Å². The van der Waals surface area contributed by atoms with E-state index >= 15 is 0 Å². The van der Waals surface area contributed by atoms with E-state index in [2.05, 4.69) is 0 Å². The fourth-order valence-electron chi connectivity index (χ4n) is 1.13. The maximum atomic E-state index is 11.2. The first-order valence-corrected chi connectivity index (χ1v) is 7.00. The molecule has 86 valence electrons. The lowest BCUT2D eigenvalue weighted by Crippen LogP contribution is -2.21. The molecule has 1 aliphatic heterocycles. The fraction of sp³-hybridized carbons (Fsp3) is 0.125. The molecular weight excluding hydrogens is 252 g/mol. The van der Waals surface area contributed by atoms with Crippen molar-refractivity contribution in [2.45, 2.75) is 16.7 Å². The van der Waals surface area contributed by atoms with Gasteiger partial charge in [0.05, 0.1) is 6.07 Å². The summed E-state index contributed by atoms with van der Waals surface area (Å²) in [5, 5.41) is 7.32. The van der Waals surface area contributed by atoms with Crippen LogP contribution in [0.2, 0.25) is 0 Å². The summed E-state index contributed by atoms with van der Waals surface area (Å²) < 4.78 is 46.3. The third-order valence-corrected chi connectivity index (χ3v) is 5.40. The molecule has 0 radical (unpaired) electrons. The minimum atomic E-state index is -3.85. The van der Waals surface area contributed by atoms with E-state index in [0.717, 1.165) is 0 Å². The summed E-state index contributed by atoms with van der Waals surface area (Å²) in [4.78, 5) is -0.370. The second-order valence-corrected chi connectivity index (χ2v) is 6.32. The van der Waals surface area contributed by atoms with Crippen LogP contribution in [-0.4, -0.2) is 16.8 Å². The quantitative estimate of drug-likeness (QED) is 0.717. The predicted molar refractivity (Wildman–Crippen MR) is 55.2 cm³/mol. The van der Waals surface area contributed by atoms with Crippen LogP contribution in [0.15, 0.2) is 34.1 Å². The van der Waals surface area contributed by atoms with E-state index in [9.17, 15) is 16.8 Å². The van der Waals surface area contributed by atoms with E-state index in [1.54, 1.807) is 10.2 Å². The van der Waals surface area contributed by atoms with Gasteiger partial charge in [0, 0.05) is 6.92 Å². The molecule has 0 amide bonds. The zero-order valence-corrected chi connectivity index (χ0v) is 9.84. The number of fused-ring (bicyclic) bond motifs is 1. The summed E-state index contributed by atoms with van der Waals surface area (Å²) in [5.74, 6) is 0. The summed E-state index contributed by atoms with van der Waals surface area (Å²) in [6.07, 6.45) is 0. The minimum absolute atomic E-state index is 0.185. The van der Waals surface area contributed by atoms with Crippen LogP contribution in [0.1, 0.15) is 6.92 Å². The molecule has 0 aliphatic carbocycles. The third-order valence-electron chi connectivity index (χ3n) is 1.65. The van der Waals surface area contributed by atoms with Gasteiger partial charge in [-0.2, -0.15) is 5.26 Å². The smallest absolute Gasteiger partial charge is 0.206 e. The Morgan fingerprint density at radius 2 is 1.38 bits per heavy atom. The normalized spacial score (nSPS) is 18.8. The van der Waals surface area contributed by atoms with Crippen LogP contribution in [0.5, 0.6) is 0 Å². The van der Waals surface area contributed by atoms with Gasteiger partial charge in [-0.1, -0.05) is 12.1 Å². The second kappa shape index (κ2) is 4.21. The fourth-order valence-corrected chi connectivity index (χ4v) is 4.84. The molecule has 8 heteroatoms. The number of sulfonamides is 2. The van der Waals surface area contributed by atoms with Crippen molar-refractivity contribution in [1.82, 2.24) is 4.13 Å². The molecule has 0 aromatic heterocycles. The topological polar surface area (TPSA) is 104 Å². The van der Waals surface area contributed by atoms with Crippen molar-refractivity contribution in [3.8, 4) is 6.07 Å². The Hall–Kier alpha value is -1.43. The third kappa shape index (κ3) is 2.21. The number of nitriles is 1. The standard InChI is InChI=1S/C6H5NO4S2.C2H3N/c8-12(9)5-3-1-2-4-6(5)13(10,11)7-12;1-2-3/h1-4,7H;1H3. The molecular formula is C8H8N2O4S2. The molecule has 16 heavy (non-hydrogen) atoms. The van der Waals surface area contributed by atoms with Crippen molar-refractivity contribution >= 4 is 20.0 Å². The molecule has 2 rings (SSSR count). The first-order valence-electron chi connectivity index (χ1n) is 4.03. The van der Waals surface area contributed by atoms with Crippen molar-refractivity contribution in [2.75, 3.05) is 0 Å². The van der Waals surface area contributed by atoms with Gasteiger partial charge in [-0.05, 0) is 12.1 Å². The lowest BCUT2D eigenvalue weighted by Gasteiger charge is -1.90. The van der Waals surface area contributed by atoms with Gasteiger partial charge in [-0.25, -0.2) is 16.8 Å². The van der Waals surface area contributed by atoms with Gasteiger partial charge in [0.1, 0.15) is 9.79 Å². The van der Waals surface area contributed by atoms with Crippen molar-refractivity contribution in [3.63, 3.8) is 0 Å². The predicted octanol–water partition coefficient (Wildman–Crippen LogP) is 0.197. The van der Waals surface area contributed by atoms with Gasteiger partial charge in [0.15, 0.2) is 0 Å². The molecule has 1 aliphatic rings. The Bertz CT molecular complexity index is 590. The summed E-state index contributed by atoms with van der Waals surface area (Å²) in [6, 6.07) is 7.20. The summed E-state index contributed by atoms with van der Waals surface area (Å²) >= 11 is 0. The lowest BCUT2D eigenvalue weighted by atomic mass is 10.4. The summed E-state index contributed by atoms with van der Waals surface area (Å²) in [5.41, 5.74) is 0. The molecule has 1 aromatic carbocycles. The first-order chi connectivity index (χ1) is 7.35. The Morgan fingerprint density at radius 3 is 1.69 bits per heavy atom. The molecule has 6 nitrogen and oxygen atoms in total. The number of hydrogen-bond donors (Lipinski definition) is 1. The van der Waals surface area contributed by atoms with Crippen molar-refractivity contribution in [1.29, 1.82) is 5.26 Å². The van der Waals surface area contributed by atoms with E-state index in [-0.39, 0.29) is 9.79 Å². The molecule has 0 fully saturated rings. The van der Waals surface area contributed by atoms with Crippen LogP contribution in [0.4, 0.5) is 0 Å². The average molecular weight is 260 g/mol. The molecule has 0 atom stereocenters. The maximum absolute atomic E-state index is 11.2. The van der Waals surface area contributed by atoms with Gasteiger partial charge in [0.2, 0.25) is 0 Å². The molecule has 0 bridgehead atoms. The number of rotatable bonds is 0. The van der Waals surface area contributed by atoms with Gasteiger partial charge < -0.3 is 0 Å². The van der Waals surface area contributed by atoms with Gasteiger partial charge in [0.25, 0.3) is 20.0 Å². The Morgan fingerprint density at radius 1 is 1.06 bits per heavy atom. The van der Waals surface area contributed by atoms with Crippen LogP contribution in [0.3, 0.4) is 0 Å². The van der Waals surface area contributed by atoms with E-state index in [0.29, 0.717) is 0 Å². The van der Waals surface area contributed by atoms with Crippen LogP contribution < -0.4 is 4.13 Å². The molecule has 0 saturated heterocycles. The van der Waals surface area contributed by atoms with Crippen molar-refractivity contribution in [2.24, 2.45) is 0 Å². The van der Waals surface area contributed by atoms with Crippen molar-refractivity contribution < 1.29 is 16.8 Å². The first kappa shape index (κ1) is 12.6. The van der Waals surface area contributed by atoms with E-state index in [1.807, 2.05) is 0 Å². The molecule has 0 spiro atoms. The van der Waals surface area contributed by atoms with Crippen LogP contribution in [-0.2, 0) is 20.0 Å². The SMILES string of the molecule is CC#N.O=S1(=O)NS(=O)(=O)c2ccccc21. The number of nitrogens with zero attached hydrogens (tertiary/aromatic N) is 1. The zero-order valence-electron chi connectivity index (χ0n) is 8.21. The highest BCUT2D eigenvalue weighted by Crippen LogP contribution is 2.27. The van der Waals surface area contributed by atoms with Crippen LogP contribution in [0, 0.1) is 11.3 Å². The van der Waals surface area contributed by atoms with Crippen molar-refractivity contribution in [3.05, 3.63) is 24.3 Å². The number of hydrogen-bond acceptors (Lipinski definition) is 5. The van der Waals surface area contributed by atoms with Gasteiger partial charge in [-0.15, -0.1) is 4.13 Å². The van der Waals surface area contributed by atoms with Gasteiger partial charge >= 0.3 is 0 Å². The molecule has 0 saturated carbocycles. The second-order valence-electron chi connectivity index (χ2n) is 2.76. The highest BCUT2D eigenvalue weighted by atomic mass is 32.3. The average Bonchev–Trinajstić information content (AvgIpc) is 2.35. The number of nitrogens with one attached hydrogen (secondary N) is 1. The Labute approximate surface area is 93.6 Å². The molecule has 1 N–H and O–H groups in total. The minimum Gasteiger partial charge on any atom is -0.206 e. The lowest BCUT2D eigenvalue weighted by molar-refractivity contribution is 0.586. The summed E-state index contributed by atoms with van der Waals surface area (Å²) in [6.45, 7) is 1.43. The zero-order chi connectivity index (χ0) is 12.4. The molecule has 1 aromatic rings. The highest BCUT2D eigenvalue weighted by molar-refractivity contribution is 8.07. The Kier molecular flexibility index (Phi) is 3.32. The monoisotopic (exact) mass is 260 g/mol. The van der Waals surface area contributed by atoms with Crippen LogP contribution >= 0.6 is 0 Å². The summed E-state index contributed by atoms with van der Waals surface area (Å²) in [7, 11) is -7.70. The van der Waals surface area contributed by atoms with E-state index in [1.165, 1.54) is 31.2 Å². The molecule has 1 heterocycles. The van der Waals surface area contributed by atoms with E-state index < -0.39 is 20.0 Å². The Balaban J connectivity index is 0.000000386. The molecule has 0 unspecified atom stereocenters. The largest absolute Gasteiger partial charge is 0.255 e. The number of benzene rings is 1. The highest BCUT2D eigenvalue weighted by Gasteiger charge is 2.37.